The van der Waals surface area contributed by atoms with Gasteiger partial charge in [0.05, 0.1) is 20.2 Å². The summed E-state index contributed by atoms with van der Waals surface area (Å²) >= 11 is 6.77. The van der Waals surface area contributed by atoms with Crippen molar-refractivity contribution in [3.05, 3.63) is 117 Å². The van der Waals surface area contributed by atoms with Crippen LogP contribution in [0.1, 0.15) is 17.0 Å². The highest BCUT2D eigenvalue weighted by molar-refractivity contribution is 8.33. The lowest BCUT2D eigenvalue weighted by Gasteiger charge is -2.26. The van der Waals surface area contributed by atoms with Crippen molar-refractivity contribution in [3.63, 3.8) is 0 Å². The second kappa shape index (κ2) is 7.74. The summed E-state index contributed by atoms with van der Waals surface area (Å²) in [5.41, 5.74) is 0.934. The molecule has 0 aliphatic carbocycles. The Balaban J connectivity index is 1.58. The van der Waals surface area contributed by atoms with Crippen molar-refractivity contribution in [3.8, 4) is 5.69 Å². The predicted octanol–water partition coefficient (Wildman–Crippen LogP) is 5.34. The fourth-order valence-electron chi connectivity index (χ4n) is 3.87. The van der Waals surface area contributed by atoms with Crippen LogP contribution >= 0.6 is 47.0 Å². The average molecular weight is 482 g/mol. The fourth-order valence-corrected chi connectivity index (χ4v) is 8.95. The Morgan fingerprint density at radius 1 is 0.742 bits per heavy atom. The van der Waals surface area contributed by atoms with Gasteiger partial charge in [-0.3, -0.25) is 0 Å². The average Bonchev–Trinajstić information content (AvgIpc) is 3.53. The van der Waals surface area contributed by atoms with E-state index in [0.717, 1.165) is 10.5 Å². The van der Waals surface area contributed by atoms with Crippen LogP contribution in [0.25, 0.3) is 5.69 Å². The molecule has 1 fully saturated rings. The second-order valence-corrected chi connectivity index (χ2v) is 11.5. The smallest absolute Gasteiger partial charge is 0.245 e. The Morgan fingerprint density at radius 3 is 2.10 bits per heavy atom. The number of thioether (sulfide) groups is 4. The number of nitrogens with zero attached hydrogens (tertiary/aromatic N) is 3. The van der Waals surface area contributed by atoms with E-state index in [1.165, 1.54) is 13.0 Å². The molecule has 0 unspecified atom stereocenters. The van der Waals surface area contributed by atoms with E-state index in [2.05, 4.69) is 16.9 Å². The van der Waals surface area contributed by atoms with Crippen molar-refractivity contribution in [2.75, 3.05) is 0 Å². The van der Waals surface area contributed by atoms with Crippen molar-refractivity contribution >= 4 is 47.0 Å². The van der Waals surface area contributed by atoms with E-state index in [4.69, 9.17) is 0 Å². The molecular weight excluding hydrogens is 467 g/mol. The first-order valence-corrected chi connectivity index (χ1v) is 13.0. The van der Waals surface area contributed by atoms with Crippen LogP contribution in [0.2, 0.25) is 0 Å². The minimum Gasteiger partial charge on any atom is -0.245 e. The first-order valence-electron chi connectivity index (χ1n) is 9.57. The Bertz CT molecular complexity index is 1370. The fraction of sp³-hybridized carbons (Fsp3) is 0.0909. The highest BCUT2D eigenvalue weighted by atomic mass is 32.2. The molecule has 0 radical (unpaired) electrons. The van der Waals surface area contributed by atoms with Gasteiger partial charge >= 0.3 is 11.4 Å². The van der Waals surface area contributed by atoms with E-state index < -0.39 is 0 Å². The van der Waals surface area contributed by atoms with Gasteiger partial charge in [0.25, 0.3) is 0 Å². The second-order valence-electron chi connectivity index (χ2n) is 7.00. The lowest BCUT2D eigenvalue weighted by molar-refractivity contribution is 0.430. The van der Waals surface area contributed by atoms with Gasteiger partial charge in [-0.15, -0.1) is 0 Å². The predicted molar refractivity (Wildman–Crippen MR) is 133 cm³/mol. The number of hydrogen-bond acceptors (Lipinski definition) is 6. The molecule has 5 nitrogen and oxygen atoms in total. The Kier molecular flexibility index (Phi) is 4.86. The summed E-state index contributed by atoms with van der Waals surface area (Å²) < 4.78 is 6.96. The molecule has 6 rings (SSSR count). The lowest BCUT2D eigenvalue weighted by atomic mass is 10.1. The first kappa shape index (κ1) is 19.5. The third kappa shape index (κ3) is 3.14. The molecular formula is C22H15N3O2S4. The molecule has 0 N–H and O–H groups in total. The van der Waals surface area contributed by atoms with Gasteiger partial charge in [0, 0.05) is 4.91 Å². The van der Waals surface area contributed by atoms with Gasteiger partial charge in [0.15, 0.2) is 0 Å². The summed E-state index contributed by atoms with van der Waals surface area (Å²) in [4.78, 5) is 28.3. The van der Waals surface area contributed by atoms with Crippen molar-refractivity contribution in [1.29, 1.82) is 0 Å². The first-order chi connectivity index (χ1) is 15.2. The molecule has 3 aliphatic rings. The van der Waals surface area contributed by atoms with Gasteiger partial charge in [-0.1, -0.05) is 95.6 Å². The van der Waals surface area contributed by atoms with Crippen molar-refractivity contribution in [1.82, 2.24) is 13.9 Å². The molecule has 31 heavy (non-hydrogen) atoms. The number of para-hydroxylation sites is 1. The number of allylic oxidation sites excluding steroid dienone is 1. The SMILES string of the molecule is O=c1n(-c2ccccc2)c(=O)n2n1[C@@H]1SC(=C3SC=CS3)SC1=C[C@@H]2c1ccccc1. The van der Waals surface area contributed by atoms with E-state index >= 15 is 0 Å². The van der Waals surface area contributed by atoms with Crippen molar-refractivity contribution in [2.45, 2.75) is 11.4 Å². The van der Waals surface area contributed by atoms with Crippen LogP contribution in [-0.4, -0.2) is 13.9 Å². The topological polar surface area (TPSA) is 48.9 Å². The van der Waals surface area contributed by atoms with Gasteiger partial charge in [-0.05, 0) is 34.6 Å². The Labute approximate surface area is 194 Å². The summed E-state index contributed by atoms with van der Waals surface area (Å²) in [6, 6.07) is 18.7. The van der Waals surface area contributed by atoms with E-state index in [0.29, 0.717) is 5.69 Å². The Morgan fingerprint density at radius 2 is 1.39 bits per heavy atom. The maximum absolute atomic E-state index is 13.6. The van der Waals surface area contributed by atoms with Crippen LogP contribution in [0, 0.1) is 0 Å². The van der Waals surface area contributed by atoms with Crippen LogP contribution in [0.5, 0.6) is 0 Å². The third-order valence-corrected chi connectivity index (χ3v) is 10.6. The molecule has 9 heteroatoms. The molecule has 1 saturated heterocycles. The van der Waals surface area contributed by atoms with Gasteiger partial charge in [0.1, 0.15) is 5.37 Å². The molecule has 0 spiro atoms. The van der Waals surface area contributed by atoms with E-state index in [-0.39, 0.29) is 22.8 Å². The minimum absolute atomic E-state index is 0.237. The van der Waals surface area contributed by atoms with Gasteiger partial charge < -0.3 is 0 Å². The monoisotopic (exact) mass is 481 g/mol. The number of benzene rings is 2. The summed E-state index contributed by atoms with van der Waals surface area (Å²) in [5, 5.41) is 3.91. The molecule has 154 valence electrons. The summed E-state index contributed by atoms with van der Waals surface area (Å²) in [6.45, 7) is 0. The van der Waals surface area contributed by atoms with E-state index in [9.17, 15) is 9.59 Å². The normalized spacial score (nSPS) is 21.9. The van der Waals surface area contributed by atoms with Crippen LogP contribution in [0.15, 0.2) is 101 Å². The molecule has 2 atom stereocenters. The quantitative estimate of drug-likeness (QED) is 0.492. The molecule has 4 heterocycles. The number of hydrogen-bond donors (Lipinski definition) is 0. The van der Waals surface area contributed by atoms with E-state index in [1.54, 1.807) is 68.5 Å². The molecule has 1 aromatic heterocycles. The Hall–Kier alpha value is -2.20. The van der Waals surface area contributed by atoms with Crippen LogP contribution in [-0.2, 0) is 0 Å². The minimum atomic E-state index is -0.336. The molecule has 2 aromatic carbocycles. The summed E-state index contributed by atoms with van der Waals surface area (Å²) in [5.74, 6) is 0. The van der Waals surface area contributed by atoms with Crippen LogP contribution in [0.4, 0.5) is 0 Å². The zero-order chi connectivity index (χ0) is 20.9. The molecule has 3 aliphatic heterocycles. The summed E-state index contributed by atoms with van der Waals surface area (Å²) in [6.07, 6.45) is 2.14. The van der Waals surface area contributed by atoms with Crippen LogP contribution in [0.3, 0.4) is 0 Å². The van der Waals surface area contributed by atoms with Gasteiger partial charge in [-0.25, -0.2) is 23.5 Å². The van der Waals surface area contributed by atoms with Crippen molar-refractivity contribution in [2.24, 2.45) is 0 Å². The molecule has 0 saturated carbocycles. The maximum Gasteiger partial charge on any atom is 0.353 e. The maximum atomic E-state index is 13.6. The number of fused-ring (bicyclic) bond motifs is 3. The highest BCUT2D eigenvalue weighted by Gasteiger charge is 2.40. The number of aromatic nitrogens is 3. The van der Waals surface area contributed by atoms with E-state index in [1.807, 2.05) is 48.5 Å². The van der Waals surface area contributed by atoms with Crippen LogP contribution < -0.4 is 11.4 Å². The molecule has 0 bridgehead atoms. The van der Waals surface area contributed by atoms with Crippen molar-refractivity contribution < 1.29 is 0 Å². The molecule has 0 amide bonds. The number of rotatable bonds is 2. The van der Waals surface area contributed by atoms with Gasteiger partial charge in [0.2, 0.25) is 0 Å². The highest BCUT2D eigenvalue weighted by Crippen LogP contribution is 2.61. The largest absolute Gasteiger partial charge is 0.353 e. The standard InChI is InChI=1S/C22H15N3O2S4/c26-21-23(15-9-5-2-6-10-15)22(27)25-18-17(30-20(31-18)19-28-11-12-29-19)13-16(24(21)25)14-7-3-1-4-8-14/h1-13,16,18H/t16-,18-/m1/s1. The molecule has 3 aromatic rings. The summed E-state index contributed by atoms with van der Waals surface area (Å²) in [7, 11) is 0. The third-order valence-electron chi connectivity index (χ3n) is 5.21. The lowest BCUT2D eigenvalue weighted by Crippen LogP contribution is -2.35. The zero-order valence-electron chi connectivity index (χ0n) is 16.0. The zero-order valence-corrected chi connectivity index (χ0v) is 19.2. The van der Waals surface area contributed by atoms with Gasteiger partial charge in [-0.2, -0.15) is 0 Å².